The Morgan fingerprint density at radius 3 is 1.54 bits per heavy atom. The molecular weight excluding hydrogens is 560 g/mol. The van der Waals surface area contributed by atoms with Crippen LogP contribution in [0.3, 0.4) is 0 Å². The van der Waals surface area contributed by atoms with Gasteiger partial charge in [0.15, 0.2) is 0 Å². The minimum absolute atomic E-state index is 0.910. The highest BCUT2D eigenvalue weighted by atomic mass is 16.3. The summed E-state index contributed by atoms with van der Waals surface area (Å²) in [5.74, 6) is 0. The van der Waals surface area contributed by atoms with Crippen molar-refractivity contribution in [2.75, 3.05) is 0 Å². The molecule has 10 aromatic rings. The van der Waals surface area contributed by atoms with E-state index in [4.69, 9.17) is 4.42 Å². The average Bonchev–Trinajstić information content (AvgIpc) is 3.75. The predicted octanol–water partition coefficient (Wildman–Crippen LogP) is 11.8. The molecule has 0 saturated carbocycles. The molecule has 3 aromatic heterocycles. The largest absolute Gasteiger partial charge is 0.456 e. The van der Waals surface area contributed by atoms with Crippen molar-refractivity contribution in [3.8, 4) is 22.5 Å². The molecule has 0 aliphatic heterocycles. The van der Waals surface area contributed by atoms with E-state index in [-0.39, 0.29) is 0 Å². The van der Waals surface area contributed by atoms with Crippen LogP contribution in [0.5, 0.6) is 0 Å². The zero-order chi connectivity index (χ0) is 30.4. The zero-order valence-electron chi connectivity index (χ0n) is 25.2. The highest BCUT2D eigenvalue weighted by Gasteiger charge is 2.17. The summed E-state index contributed by atoms with van der Waals surface area (Å²) in [6.07, 6.45) is 0. The van der Waals surface area contributed by atoms with Crippen LogP contribution in [0.2, 0.25) is 0 Å². The first kappa shape index (κ1) is 25.3. The molecule has 0 saturated heterocycles. The molecular formula is C43H28N2O. The fourth-order valence-electron chi connectivity index (χ4n) is 7.45. The van der Waals surface area contributed by atoms with Gasteiger partial charge in [0, 0.05) is 43.7 Å². The number of para-hydroxylation sites is 3. The van der Waals surface area contributed by atoms with Crippen LogP contribution in [-0.2, 0) is 0 Å². The normalized spacial score (nSPS) is 12.0. The van der Waals surface area contributed by atoms with Gasteiger partial charge in [-0.25, -0.2) is 0 Å². The Labute approximate surface area is 265 Å². The molecule has 0 radical (unpaired) electrons. The van der Waals surface area contributed by atoms with Gasteiger partial charge >= 0.3 is 0 Å². The molecule has 0 N–H and O–H groups in total. The molecule has 7 aromatic carbocycles. The number of furan rings is 1. The van der Waals surface area contributed by atoms with E-state index in [1.54, 1.807) is 0 Å². The Kier molecular flexibility index (Phi) is 5.20. The fraction of sp³-hybridized carbons (Fsp3) is 0.0233. The summed E-state index contributed by atoms with van der Waals surface area (Å²) in [6.45, 7) is 2.13. The number of benzene rings is 7. The SMILES string of the molecule is Cc1ccc2oc3ccc(-n4c5ccccc5c5ccc(-c6ccc7c8ccccc8n(-c8ccccc8)c7c6)cc54)cc3c2c1. The Balaban J connectivity index is 1.22. The Bertz CT molecular complexity index is 2810. The zero-order valence-corrected chi connectivity index (χ0v) is 25.2. The Morgan fingerprint density at radius 1 is 0.370 bits per heavy atom. The van der Waals surface area contributed by atoms with E-state index in [9.17, 15) is 0 Å². The van der Waals surface area contributed by atoms with E-state index in [1.165, 1.54) is 66.0 Å². The lowest BCUT2D eigenvalue weighted by Crippen LogP contribution is -1.94. The number of aryl methyl sites for hydroxylation is 1. The van der Waals surface area contributed by atoms with Gasteiger partial charge in [0.2, 0.25) is 0 Å². The van der Waals surface area contributed by atoms with Gasteiger partial charge in [-0.2, -0.15) is 0 Å². The summed E-state index contributed by atoms with van der Waals surface area (Å²) in [4.78, 5) is 0. The standard InChI is InChI=1S/C43H28N2O/c1-27-15-21-42-36(23-27)37-26-31(18-22-43(37)46-42)45-39-14-8-6-12-33(39)35-20-17-29(25-41(35)45)28-16-19-34-32-11-5-7-13-38(32)44(40(34)24-28)30-9-3-2-4-10-30/h2-26H,1H3. The summed E-state index contributed by atoms with van der Waals surface area (Å²) < 4.78 is 11.0. The van der Waals surface area contributed by atoms with E-state index >= 15 is 0 Å². The van der Waals surface area contributed by atoms with Crippen molar-refractivity contribution >= 4 is 65.6 Å². The maximum Gasteiger partial charge on any atom is 0.135 e. The molecule has 46 heavy (non-hydrogen) atoms. The van der Waals surface area contributed by atoms with Crippen LogP contribution in [0.4, 0.5) is 0 Å². The number of nitrogens with zero attached hydrogens (tertiary/aromatic N) is 2. The molecule has 3 nitrogen and oxygen atoms in total. The van der Waals surface area contributed by atoms with Crippen molar-refractivity contribution in [3.63, 3.8) is 0 Å². The summed E-state index contributed by atoms with van der Waals surface area (Å²) in [5, 5.41) is 7.30. The molecule has 3 heteroatoms. The molecule has 0 aliphatic carbocycles. The summed E-state index contributed by atoms with van der Waals surface area (Å²) in [7, 11) is 0. The van der Waals surface area contributed by atoms with Crippen LogP contribution in [0.25, 0.3) is 88.1 Å². The van der Waals surface area contributed by atoms with E-state index in [0.717, 1.165) is 27.6 Å². The maximum absolute atomic E-state index is 6.22. The molecule has 0 atom stereocenters. The summed E-state index contributed by atoms with van der Waals surface area (Å²) in [6, 6.07) is 54.9. The number of fused-ring (bicyclic) bond motifs is 9. The fourth-order valence-corrected chi connectivity index (χ4v) is 7.45. The Hall–Kier alpha value is -6.06. The lowest BCUT2D eigenvalue weighted by molar-refractivity contribution is 0.669. The molecule has 10 rings (SSSR count). The first-order chi connectivity index (χ1) is 22.7. The molecule has 0 fully saturated rings. The molecule has 0 unspecified atom stereocenters. The quantitative estimate of drug-likeness (QED) is 0.201. The lowest BCUT2D eigenvalue weighted by atomic mass is 10.0. The number of aromatic nitrogens is 2. The highest BCUT2D eigenvalue weighted by molar-refractivity contribution is 6.13. The minimum Gasteiger partial charge on any atom is -0.456 e. The minimum atomic E-state index is 0.910. The van der Waals surface area contributed by atoms with Crippen LogP contribution >= 0.6 is 0 Å². The van der Waals surface area contributed by atoms with Crippen LogP contribution in [-0.4, -0.2) is 9.13 Å². The second kappa shape index (κ2) is 9.47. The van der Waals surface area contributed by atoms with E-state index in [0.29, 0.717) is 0 Å². The van der Waals surface area contributed by atoms with E-state index in [1.807, 2.05) is 0 Å². The highest BCUT2D eigenvalue weighted by Crippen LogP contribution is 2.39. The monoisotopic (exact) mass is 588 g/mol. The third-order valence-corrected chi connectivity index (χ3v) is 9.56. The third-order valence-electron chi connectivity index (χ3n) is 9.56. The molecule has 0 bridgehead atoms. The number of rotatable bonds is 3. The van der Waals surface area contributed by atoms with Gasteiger partial charge < -0.3 is 13.6 Å². The van der Waals surface area contributed by atoms with Gasteiger partial charge in [-0.15, -0.1) is 0 Å². The first-order valence-electron chi connectivity index (χ1n) is 15.8. The van der Waals surface area contributed by atoms with Crippen molar-refractivity contribution < 1.29 is 4.42 Å². The first-order valence-corrected chi connectivity index (χ1v) is 15.8. The average molecular weight is 589 g/mol. The van der Waals surface area contributed by atoms with Gasteiger partial charge in [-0.3, -0.25) is 0 Å². The molecule has 3 heterocycles. The van der Waals surface area contributed by atoms with Gasteiger partial charge in [0.25, 0.3) is 0 Å². The summed E-state index contributed by atoms with van der Waals surface area (Å²) >= 11 is 0. The van der Waals surface area contributed by atoms with Crippen molar-refractivity contribution in [1.29, 1.82) is 0 Å². The molecule has 0 spiro atoms. The lowest BCUT2D eigenvalue weighted by Gasteiger charge is -2.11. The molecule has 216 valence electrons. The van der Waals surface area contributed by atoms with Crippen molar-refractivity contribution in [1.82, 2.24) is 9.13 Å². The maximum atomic E-state index is 6.22. The number of hydrogen-bond acceptors (Lipinski definition) is 1. The van der Waals surface area contributed by atoms with Gasteiger partial charge in [0.05, 0.1) is 22.1 Å². The molecule has 0 amide bonds. The van der Waals surface area contributed by atoms with E-state index < -0.39 is 0 Å². The van der Waals surface area contributed by atoms with Crippen LogP contribution in [0.15, 0.2) is 156 Å². The molecule has 0 aliphatic rings. The van der Waals surface area contributed by atoms with Gasteiger partial charge in [-0.1, -0.05) is 90.5 Å². The van der Waals surface area contributed by atoms with Gasteiger partial charge in [0.1, 0.15) is 11.2 Å². The van der Waals surface area contributed by atoms with Crippen molar-refractivity contribution in [2.45, 2.75) is 6.92 Å². The second-order valence-corrected chi connectivity index (χ2v) is 12.3. The number of hydrogen-bond donors (Lipinski definition) is 0. The topological polar surface area (TPSA) is 23.0 Å². The predicted molar refractivity (Wildman–Crippen MR) is 193 cm³/mol. The summed E-state index contributed by atoms with van der Waals surface area (Å²) in [5.41, 5.74) is 12.5. The van der Waals surface area contributed by atoms with Gasteiger partial charge in [-0.05, 0) is 84.8 Å². The Morgan fingerprint density at radius 2 is 0.891 bits per heavy atom. The second-order valence-electron chi connectivity index (χ2n) is 12.3. The third kappa shape index (κ3) is 3.60. The van der Waals surface area contributed by atoms with Crippen molar-refractivity contribution in [3.05, 3.63) is 157 Å². The smallest absolute Gasteiger partial charge is 0.135 e. The van der Waals surface area contributed by atoms with Crippen LogP contribution in [0.1, 0.15) is 5.56 Å². The van der Waals surface area contributed by atoms with Crippen LogP contribution < -0.4 is 0 Å². The van der Waals surface area contributed by atoms with Crippen molar-refractivity contribution in [2.24, 2.45) is 0 Å². The van der Waals surface area contributed by atoms with Crippen LogP contribution in [0, 0.1) is 6.92 Å². The van der Waals surface area contributed by atoms with E-state index in [2.05, 4.69) is 168 Å².